The van der Waals surface area contributed by atoms with Gasteiger partial charge >= 0.3 is 0 Å². The van der Waals surface area contributed by atoms with Gasteiger partial charge in [0.05, 0.1) is 5.69 Å². The zero-order chi connectivity index (χ0) is 12.1. The number of rotatable bonds is 4. The molecule has 0 aliphatic carbocycles. The third-order valence-corrected chi connectivity index (χ3v) is 3.01. The highest BCUT2D eigenvalue weighted by atomic mass is 35.5. The second-order valence-electron chi connectivity index (χ2n) is 3.52. The average molecular weight is 268 g/mol. The molecule has 0 fully saturated rings. The molecule has 88 valence electrons. The van der Waals surface area contributed by atoms with Crippen molar-refractivity contribution in [3.63, 3.8) is 0 Å². The van der Waals surface area contributed by atoms with Crippen LogP contribution in [-0.2, 0) is 13.1 Å². The molecule has 0 amide bonds. The lowest BCUT2D eigenvalue weighted by Gasteiger charge is -2.07. The molecule has 0 atom stereocenters. The van der Waals surface area contributed by atoms with E-state index in [0.717, 1.165) is 11.3 Å². The van der Waals surface area contributed by atoms with Crippen molar-refractivity contribution in [3.05, 3.63) is 57.8 Å². The van der Waals surface area contributed by atoms with E-state index in [4.69, 9.17) is 23.2 Å². The van der Waals surface area contributed by atoms with E-state index in [-0.39, 0.29) is 0 Å². The Labute approximate surface area is 110 Å². The van der Waals surface area contributed by atoms with Gasteiger partial charge in [-0.3, -0.25) is 0 Å². The van der Waals surface area contributed by atoms with Crippen LogP contribution < -0.4 is 5.32 Å². The van der Waals surface area contributed by atoms with E-state index in [0.29, 0.717) is 23.1 Å². The van der Waals surface area contributed by atoms with Gasteiger partial charge in [0.25, 0.3) is 0 Å². The van der Waals surface area contributed by atoms with Gasteiger partial charge in [0.15, 0.2) is 0 Å². The fourth-order valence-corrected chi connectivity index (χ4v) is 1.98. The Hall–Kier alpha value is -1.16. The highest BCUT2D eigenvalue weighted by Crippen LogP contribution is 2.23. The third kappa shape index (κ3) is 3.40. The minimum absolute atomic E-state index is 0.606. The number of benzene rings is 1. The number of halogens is 2. The molecule has 0 bridgehead atoms. The van der Waals surface area contributed by atoms with Crippen molar-refractivity contribution in [2.45, 2.75) is 13.1 Å². The summed E-state index contributed by atoms with van der Waals surface area (Å²) < 4.78 is 0. The largest absolute Gasteiger partial charge is 0.307 e. The molecule has 0 unspecified atom stereocenters. The smallest absolute Gasteiger partial charge is 0.0769 e. The lowest BCUT2D eigenvalue weighted by Crippen LogP contribution is -2.14. The Morgan fingerprint density at radius 2 is 1.76 bits per heavy atom. The van der Waals surface area contributed by atoms with E-state index in [1.54, 1.807) is 6.20 Å². The summed E-state index contributed by atoms with van der Waals surface area (Å²) in [4.78, 5) is 0. The number of hydrogen-bond donors (Lipinski definition) is 1. The number of aromatic nitrogens is 2. The molecule has 17 heavy (non-hydrogen) atoms. The van der Waals surface area contributed by atoms with Crippen LogP contribution in [0.25, 0.3) is 0 Å². The maximum atomic E-state index is 6.06. The third-order valence-electron chi connectivity index (χ3n) is 2.30. The Bertz CT molecular complexity index is 468. The zero-order valence-corrected chi connectivity index (χ0v) is 10.5. The number of nitrogens with one attached hydrogen (secondary N) is 1. The molecule has 0 radical (unpaired) electrons. The second-order valence-corrected chi connectivity index (χ2v) is 4.33. The van der Waals surface area contributed by atoms with E-state index in [2.05, 4.69) is 15.5 Å². The van der Waals surface area contributed by atoms with Crippen LogP contribution >= 0.6 is 23.2 Å². The van der Waals surface area contributed by atoms with Crippen LogP contribution in [0.3, 0.4) is 0 Å². The molecular formula is C12H11Cl2N3. The summed E-state index contributed by atoms with van der Waals surface area (Å²) in [6.07, 6.45) is 1.65. The highest BCUT2D eigenvalue weighted by Gasteiger charge is 2.04. The van der Waals surface area contributed by atoms with Gasteiger partial charge in [0.1, 0.15) is 0 Å². The van der Waals surface area contributed by atoms with Crippen molar-refractivity contribution < 1.29 is 0 Å². The molecule has 0 spiro atoms. The lowest BCUT2D eigenvalue weighted by molar-refractivity contribution is 0.670. The van der Waals surface area contributed by atoms with Gasteiger partial charge in [0.2, 0.25) is 0 Å². The van der Waals surface area contributed by atoms with Gasteiger partial charge < -0.3 is 5.32 Å². The van der Waals surface area contributed by atoms with Gasteiger partial charge in [0, 0.05) is 34.9 Å². The molecular weight excluding hydrogens is 257 g/mol. The Morgan fingerprint density at radius 3 is 2.41 bits per heavy atom. The quantitative estimate of drug-likeness (QED) is 0.926. The summed E-state index contributed by atoms with van der Waals surface area (Å²) in [6.45, 7) is 1.24. The van der Waals surface area contributed by atoms with E-state index >= 15 is 0 Å². The van der Waals surface area contributed by atoms with Crippen molar-refractivity contribution in [2.24, 2.45) is 0 Å². The van der Waals surface area contributed by atoms with Crippen molar-refractivity contribution in [1.29, 1.82) is 0 Å². The molecule has 3 nitrogen and oxygen atoms in total. The minimum atomic E-state index is 0.606. The second kappa shape index (κ2) is 5.96. The predicted octanol–water partition coefficient (Wildman–Crippen LogP) is 3.07. The fraction of sp³-hybridized carbons (Fsp3) is 0.167. The maximum absolute atomic E-state index is 6.06. The Morgan fingerprint density at radius 1 is 1.00 bits per heavy atom. The van der Waals surface area contributed by atoms with Gasteiger partial charge in [-0.25, -0.2) is 0 Å². The van der Waals surface area contributed by atoms with Crippen LogP contribution in [0.1, 0.15) is 11.3 Å². The molecule has 2 rings (SSSR count). The van der Waals surface area contributed by atoms with Crippen LogP contribution in [0, 0.1) is 0 Å². The van der Waals surface area contributed by atoms with Crippen LogP contribution in [-0.4, -0.2) is 10.2 Å². The van der Waals surface area contributed by atoms with Crippen LogP contribution in [0.4, 0.5) is 0 Å². The van der Waals surface area contributed by atoms with E-state index in [9.17, 15) is 0 Å². The highest BCUT2D eigenvalue weighted by molar-refractivity contribution is 6.35. The predicted molar refractivity (Wildman–Crippen MR) is 69.0 cm³/mol. The first kappa shape index (κ1) is 12.3. The SMILES string of the molecule is Clc1cccc(Cl)c1CNCc1cccnn1. The molecule has 1 aromatic heterocycles. The molecule has 1 N–H and O–H groups in total. The first-order valence-electron chi connectivity index (χ1n) is 5.17. The van der Waals surface area contributed by atoms with E-state index in [1.165, 1.54) is 0 Å². The average Bonchev–Trinajstić information content (AvgIpc) is 2.34. The summed E-state index contributed by atoms with van der Waals surface area (Å²) in [5.74, 6) is 0. The van der Waals surface area contributed by atoms with Gasteiger partial charge in [-0.1, -0.05) is 29.3 Å². The zero-order valence-electron chi connectivity index (χ0n) is 9.03. The van der Waals surface area contributed by atoms with Crippen molar-refractivity contribution >= 4 is 23.2 Å². The summed E-state index contributed by atoms with van der Waals surface area (Å²) in [6, 6.07) is 9.25. The van der Waals surface area contributed by atoms with Crippen molar-refractivity contribution in [2.75, 3.05) is 0 Å². The lowest BCUT2D eigenvalue weighted by atomic mass is 10.2. The Kier molecular flexibility index (Phi) is 4.31. The molecule has 1 heterocycles. The van der Waals surface area contributed by atoms with Gasteiger partial charge in [-0.15, -0.1) is 0 Å². The first-order valence-corrected chi connectivity index (χ1v) is 5.93. The maximum Gasteiger partial charge on any atom is 0.0769 e. The standard InChI is InChI=1S/C12H11Cl2N3/c13-11-4-1-5-12(14)10(11)8-15-7-9-3-2-6-16-17-9/h1-6,15H,7-8H2. The Balaban J connectivity index is 1.95. The van der Waals surface area contributed by atoms with Gasteiger partial charge in [-0.05, 0) is 24.3 Å². The summed E-state index contributed by atoms with van der Waals surface area (Å²) >= 11 is 12.1. The minimum Gasteiger partial charge on any atom is -0.307 e. The molecule has 0 aliphatic rings. The summed E-state index contributed by atoms with van der Waals surface area (Å²) in [7, 11) is 0. The van der Waals surface area contributed by atoms with Crippen LogP contribution in [0.5, 0.6) is 0 Å². The molecule has 5 heteroatoms. The summed E-state index contributed by atoms with van der Waals surface area (Å²) in [5.41, 5.74) is 1.79. The van der Waals surface area contributed by atoms with Crippen LogP contribution in [0.2, 0.25) is 10.0 Å². The van der Waals surface area contributed by atoms with E-state index in [1.807, 2.05) is 30.3 Å². The number of hydrogen-bond acceptors (Lipinski definition) is 3. The van der Waals surface area contributed by atoms with E-state index < -0.39 is 0 Å². The molecule has 1 aromatic carbocycles. The monoisotopic (exact) mass is 267 g/mol. The van der Waals surface area contributed by atoms with Gasteiger partial charge in [-0.2, -0.15) is 10.2 Å². The first-order chi connectivity index (χ1) is 8.27. The molecule has 0 aliphatic heterocycles. The number of nitrogens with zero attached hydrogens (tertiary/aromatic N) is 2. The van der Waals surface area contributed by atoms with Crippen LogP contribution in [0.15, 0.2) is 36.5 Å². The van der Waals surface area contributed by atoms with Crippen molar-refractivity contribution in [1.82, 2.24) is 15.5 Å². The van der Waals surface area contributed by atoms with Crippen molar-refractivity contribution in [3.8, 4) is 0 Å². The normalized spacial score (nSPS) is 10.5. The molecule has 0 saturated carbocycles. The molecule has 0 saturated heterocycles. The molecule has 2 aromatic rings. The fourth-order valence-electron chi connectivity index (χ4n) is 1.44. The topological polar surface area (TPSA) is 37.8 Å². The summed E-state index contributed by atoms with van der Waals surface area (Å²) in [5, 5.41) is 12.3.